The Kier molecular flexibility index (Phi) is 5.93. The van der Waals surface area contributed by atoms with Crippen molar-refractivity contribution in [1.29, 1.82) is 0 Å². The van der Waals surface area contributed by atoms with E-state index in [0.29, 0.717) is 22.8 Å². The molecule has 0 aliphatic carbocycles. The van der Waals surface area contributed by atoms with E-state index in [-0.39, 0.29) is 16.2 Å². The average Bonchev–Trinajstić information content (AvgIpc) is 3.30. The van der Waals surface area contributed by atoms with Gasteiger partial charge in [0, 0.05) is 12.6 Å². The summed E-state index contributed by atoms with van der Waals surface area (Å²) in [5, 5.41) is 11.0. The van der Waals surface area contributed by atoms with Gasteiger partial charge in [-0.1, -0.05) is 43.3 Å². The maximum absolute atomic E-state index is 13.2. The van der Waals surface area contributed by atoms with Gasteiger partial charge in [0.25, 0.3) is 11.8 Å². The molecule has 3 aromatic rings. The van der Waals surface area contributed by atoms with Crippen LogP contribution < -0.4 is 10.0 Å². The van der Waals surface area contributed by atoms with Crippen molar-refractivity contribution < 1.29 is 23.9 Å². The van der Waals surface area contributed by atoms with Gasteiger partial charge in [0.05, 0.1) is 11.7 Å². The second-order valence-corrected chi connectivity index (χ2v) is 7.80. The first-order valence-corrected chi connectivity index (χ1v) is 10.6. The topological polar surface area (TPSA) is 93.9 Å². The van der Waals surface area contributed by atoms with Crippen LogP contribution in [0.5, 0.6) is 0 Å². The van der Waals surface area contributed by atoms with Crippen molar-refractivity contribution >= 4 is 46.9 Å². The van der Waals surface area contributed by atoms with Gasteiger partial charge < -0.3 is 14.3 Å². The number of anilines is 1. The average molecular weight is 460 g/mol. The number of hydrogen-bond acceptors (Lipinski definition) is 6. The zero-order valence-corrected chi connectivity index (χ0v) is 18.7. The van der Waals surface area contributed by atoms with E-state index in [1.54, 1.807) is 36.4 Å². The van der Waals surface area contributed by atoms with Gasteiger partial charge in [0.15, 0.2) is 5.11 Å². The van der Waals surface area contributed by atoms with Crippen LogP contribution in [0.3, 0.4) is 0 Å². The van der Waals surface area contributed by atoms with Crippen molar-refractivity contribution in [1.82, 2.24) is 4.90 Å². The molecule has 1 saturated heterocycles. The van der Waals surface area contributed by atoms with E-state index >= 15 is 0 Å². The van der Waals surface area contributed by atoms with E-state index in [4.69, 9.17) is 16.6 Å². The Morgan fingerprint density at radius 3 is 2.27 bits per heavy atom. The lowest BCUT2D eigenvalue weighted by molar-refractivity contribution is -0.255. The molecule has 8 heteroatoms. The Hall–Kier alpha value is -4.04. The van der Waals surface area contributed by atoms with Crippen molar-refractivity contribution in [2.75, 3.05) is 11.9 Å². The van der Waals surface area contributed by atoms with Crippen LogP contribution in [0.4, 0.5) is 5.69 Å². The summed E-state index contributed by atoms with van der Waals surface area (Å²) in [6.45, 7) is 2.04. The maximum Gasteiger partial charge on any atom is 0.270 e. The normalized spacial score (nSPS) is 15.5. The van der Waals surface area contributed by atoms with Crippen molar-refractivity contribution in [3.63, 3.8) is 0 Å². The zero-order chi connectivity index (χ0) is 23.7. The van der Waals surface area contributed by atoms with Gasteiger partial charge in [-0.2, -0.15) is 0 Å². The number of thiocarbonyl (C=S) groups is 1. The molecule has 2 aromatic carbocycles. The Morgan fingerprint density at radius 2 is 1.67 bits per heavy atom. The molecule has 1 aliphatic rings. The lowest BCUT2D eigenvalue weighted by Crippen LogP contribution is -2.54. The maximum atomic E-state index is 13.2. The van der Waals surface area contributed by atoms with Crippen LogP contribution in [0, 0.1) is 0 Å². The zero-order valence-electron chi connectivity index (χ0n) is 17.9. The number of carboxylic acid groups (broad SMARTS) is 1. The van der Waals surface area contributed by atoms with E-state index in [0.717, 1.165) is 12.0 Å². The molecule has 33 heavy (non-hydrogen) atoms. The number of rotatable bonds is 5. The number of carbonyl (C=O) groups excluding carboxylic acids is 3. The highest BCUT2D eigenvalue weighted by Crippen LogP contribution is 2.28. The van der Waals surface area contributed by atoms with Gasteiger partial charge in [-0.25, -0.2) is 0 Å². The smallest absolute Gasteiger partial charge is 0.270 e. The summed E-state index contributed by atoms with van der Waals surface area (Å²) in [5.74, 6) is -1.57. The molecule has 0 saturated carbocycles. The minimum Gasteiger partial charge on any atom is -0.545 e. The third kappa shape index (κ3) is 4.20. The Morgan fingerprint density at radius 1 is 1.00 bits per heavy atom. The molecule has 0 spiro atoms. The van der Waals surface area contributed by atoms with E-state index in [1.165, 1.54) is 35.1 Å². The van der Waals surface area contributed by atoms with Crippen molar-refractivity contribution in [3.8, 4) is 11.3 Å². The SMILES string of the molecule is CCc1ccc(N2C(=O)/C(=C/c3ccc(-c4ccc(C(=O)[O-])cc4)o3)C(=O)N(C)C2=S)cc1. The molecule has 1 fully saturated rings. The fourth-order valence-corrected chi connectivity index (χ4v) is 3.72. The van der Waals surface area contributed by atoms with Crippen LogP contribution in [0.15, 0.2) is 70.7 Å². The minimum atomic E-state index is -1.27. The third-order valence-corrected chi connectivity index (χ3v) is 5.82. The van der Waals surface area contributed by atoms with Gasteiger partial charge in [-0.05, 0) is 60.1 Å². The quantitative estimate of drug-likeness (QED) is 0.331. The van der Waals surface area contributed by atoms with E-state index in [9.17, 15) is 19.5 Å². The lowest BCUT2D eigenvalue weighted by atomic mass is 10.1. The summed E-state index contributed by atoms with van der Waals surface area (Å²) in [6, 6.07) is 16.7. The van der Waals surface area contributed by atoms with Gasteiger partial charge in [0.2, 0.25) is 0 Å². The fourth-order valence-electron chi connectivity index (χ4n) is 3.45. The van der Waals surface area contributed by atoms with Crippen LogP contribution in [0.25, 0.3) is 17.4 Å². The lowest BCUT2D eigenvalue weighted by Gasteiger charge is -2.34. The Bertz CT molecular complexity index is 1290. The van der Waals surface area contributed by atoms with E-state index in [1.807, 2.05) is 19.1 Å². The van der Waals surface area contributed by atoms with Crippen molar-refractivity contribution in [2.24, 2.45) is 0 Å². The molecule has 2 heterocycles. The first kappa shape index (κ1) is 22.2. The van der Waals surface area contributed by atoms with Crippen LogP contribution >= 0.6 is 12.2 Å². The number of aromatic carboxylic acids is 1. The molecular weight excluding hydrogens is 440 g/mol. The standard InChI is InChI=1S/C25H20N2O5S/c1-3-15-4-10-18(11-5-15)27-23(29)20(22(28)26(2)25(27)33)14-19-12-13-21(32-19)16-6-8-17(9-7-16)24(30)31/h4-14H,3H2,1-2H3,(H,30,31)/p-1/b20-14+. The first-order chi connectivity index (χ1) is 15.8. The number of carboxylic acids is 1. The highest BCUT2D eigenvalue weighted by Gasteiger charge is 2.38. The number of benzene rings is 2. The second-order valence-electron chi connectivity index (χ2n) is 7.43. The predicted molar refractivity (Wildman–Crippen MR) is 125 cm³/mol. The highest BCUT2D eigenvalue weighted by molar-refractivity contribution is 7.80. The summed E-state index contributed by atoms with van der Waals surface area (Å²) in [5.41, 5.74) is 2.29. The summed E-state index contributed by atoms with van der Waals surface area (Å²) < 4.78 is 5.79. The van der Waals surface area contributed by atoms with Crippen LogP contribution in [0.1, 0.15) is 28.6 Å². The van der Waals surface area contributed by atoms with Crippen LogP contribution in [0.2, 0.25) is 0 Å². The first-order valence-electron chi connectivity index (χ1n) is 10.2. The molecule has 7 nitrogen and oxygen atoms in total. The highest BCUT2D eigenvalue weighted by atomic mass is 32.1. The fraction of sp³-hybridized carbons (Fsp3) is 0.120. The molecule has 4 rings (SSSR count). The molecule has 0 bridgehead atoms. The molecule has 0 unspecified atom stereocenters. The second kappa shape index (κ2) is 8.84. The number of furan rings is 1. The Balaban J connectivity index is 1.66. The summed E-state index contributed by atoms with van der Waals surface area (Å²) in [7, 11) is 1.52. The summed E-state index contributed by atoms with van der Waals surface area (Å²) in [4.78, 5) is 39.6. The number of carbonyl (C=O) groups is 3. The van der Waals surface area contributed by atoms with Gasteiger partial charge in [-0.3, -0.25) is 19.4 Å². The molecule has 166 valence electrons. The molecule has 0 N–H and O–H groups in total. The molecule has 1 aromatic heterocycles. The summed E-state index contributed by atoms with van der Waals surface area (Å²) in [6.07, 6.45) is 2.24. The molecular formula is C25H19N2O5S-. The molecule has 0 atom stereocenters. The summed E-state index contributed by atoms with van der Waals surface area (Å²) >= 11 is 5.37. The largest absolute Gasteiger partial charge is 0.545 e. The third-order valence-electron chi connectivity index (χ3n) is 5.37. The number of hydrogen-bond donors (Lipinski definition) is 0. The predicted octanol–water partition coefficient (Wildman–Crippen LogP) is 3.05. The molecule has 1 aliphatic heterocycles. The minimum absolute atomic E-state index is 0.0529. The number of aryl methyl sites for hydroxylation is 1. The van der Waals surface area contributed by atoms with Gasteiger partial charge >= 0.3 is 0 Å². The molecule has 0 radical (unpaired) electrons. The van der Waals surface area contributed by atoms with Gasteiger partial charge in [-0.15, -0.1) is 0 Å². The Labute approximate surface area is 195 Å². The number of nitrogens with zero attached hydrogens (tertiary/aromatic N) is 2. The van der Waals surface area contributed by atoms with Gasteiger partial charge in [0.1, 0.15) is 17.1 Å². The number of amides is 2. The van der Waals surface area contributed by atoms with Crippen LogP contribution in [-0.4, -0.2) is 34.8 Å². The van der Waals surface area contributed by atoms with E-state index < -0.39 is 17.8 Å². The van der Waals surface area contributed by atoms with Crippen LogP contribution in [-0.2, 0) is 16.0 Å². The molecule has 2 amide bonds. The monoisotopic (exact) mass is 459 g/mol. The van der Waals surface area contributed by atoms with E-state index in [2.05, 4.69) is 0 Å². The van der Waals surface area contributed by atoms with Crippen molar-refractivity contribution in [2.45, 2.75) is 13.3 Å². The van der Waals surface area contributed by atoms with Crippen molar-refractivity contribution in [3.05, 3.63) is 83.1 Å². The number of likely N-dealkylation sites (N-methyl/N-ethyl adjacent to an activating group) is 1.